The van der Waals surface area contributed by atoms with Crippen LogP contribution in [0.5, 0.6) is 11.5 Å². The summed E-state index contributed by atoms with van der Waals surface area (Å²) in [4.78, 5) is 90.4. The number of benzene rings is 5. The zero-order valence-corrected chi connectivity index (χ0v) is 37.9. The van der Waals surface area contributed by atoms with Crippen LogP contribution in [0.25, 0.3) is 33.4 Å². The average molecular weight is 943 g/mol. The number of hydrogen-bond acceptors (Lipinski definition) is 14. The van der Waals surface area contributed by atoms with Crippen molar-refractivity contribution in [1.29, 1.82) is 0 Å². The molecule has 0 bridgehead atoms. The van der Waals surface area contributed by atoms with Crippen LogP contribution in [-0.4, -0.2) is 125 Å². The molecule has 0 spiro atoms. The highest BCUT2D eigenvalue weighted by Crippen LogP contribution is 2.44. The minimum absolute atomic E-state index is 0.00890. The largest absolute Gasteiger partial charge is 0.488 e. The number of carbonyl (C=O) groups is 4. The SMILES string of the molecule is CN(CC(=O)O)c1ccccc1OCCOc1cc(N(C)C(=O)c2cccc(C(=O)O)c2-c2c3ccc(=[N+]4CCC4)cc-3oc3cc(N4CCC4)ccc23)ccc1N(C)CC(=O)O.O=C=O.O=C=O. The number of nitrogens with zero attached hydrogens (tertiary/aromatic N) is 5. The molecule has 4 aromatic rings. The van der Waals surface area contributed by atoms with Crippen molar-refractivity contribution in [2.75, 3.05) is 93.2 Å². The van der Waals surface area contributed by atoms with Gasteiger partial charge in [-0.15, -0.1) is 0 Å². The van der Waals surface area contributed by atoms with Gasteiger partial charge in [0.15, 0.2) is 0 Å². The standard InChI is InChI=1S/C48H47N5O10.2CO2/c1-49(28-43(54)55)37-11-4-5-12-39(37)61-23-24-62-42-25-30(15-18-38(42)50(2)29-44(56)57)51(3)47(58)35-9-6-10-36(48(59)60)46(35)45-33-16-13-31(52-19-7-20-52)26-40(33)63-41-27-32(14-17-34(41)45)53-21-8-22-53;2*2-1-3/h4-6,9-18,25-27H,7-8,19-24,28-29H2,1-3H3,(H2-,54,55,56,57,59,60);;/p+1. The Balaban J connectivity index is 0.00000124. The van der Waals surface area contributed by atoms with Crippen molar-refractivity contribution in [1.82, 2.24) is 4.58 Å². The van der Waals surface area contributed by atoms with Gasteiger partial charge in [0.25, 0.3) is 5.91 Å². The molecular formula is C50H48N5O14+. The summed E-state index contributed by atoms with van der Waals surface area (Å²) in [7, 11) is 4.84. The van der Waals surface area contributed by atoms with Crippen LogP contribution in [0.2, 0.25) is 0 Å². The first-order chi connectivity index (χ1) is 33.2. The van der Waals surface area contributed by atoms with E-state index >= 15 is 0 Å². The molecule has 3 N–H and O–H groups in total. The van der Waals surface area contributed by atoms with Crippen LogP contribution in [0.1, 0.15) is 33.6 Å². The lowest BCUT2D eigenvalue weighted by Gasteiger charge is -2.33. The van der Waals surface area contributed by atoms with E-state index in [1.165, 1.54) is 15.9 Å². The summed E-state index contributed by atoms with van der Waals surface area (Å²) in [5.74, 6) is -2.45. The lowest BCUT2D eigenvalue weighted by atomic mass is 9.87. The van der Waals surface area contributed by atoms with E-state index in [2.05, 4.69) is 9.48 Å². The van der Waals surface area contributed by atoms with Gasteiger partial charge in [-0.3, -0.25) is 14.4 Å². The average Bonchev–Trinajstić information content (AvgIpc) is 3.28. The van der Waals surface area contributed by atoms with Crippen molar-refractivity contribution in [2.24, 2.45) is 0 Å². The van der Waals surface area contributed by atoms with Gasteiger partial charge in [-0.25, -0.2) is 9.37 Å². The number of amides is 1. The maximum Gasteiger partial charge on any atom is 0.373 e. The zero-order valence-electron chi connectivity index (χ0n) is 37.9. The molecule has 8 rings (SSSR count). The number of ether oxygens (including phenoxy) is 2. The first-order valence-corrected chi connectivity index (χ1v) is 21.5. The van der Waals surface area contributed by atoms with Gasteiger partial charge in [0.1, 0.15) is 62.2 Å². The molecular weight excluding hydrogens is 895 g/mol. The van der Waals surface area contributed by atoms with Crippen LogP contribution in [-0.2, 0) is 28.8 Å². The molecule has 0 unspecified atom stereocenters. The van der Waals surface area contributed by atoms with Crippen LogP contribution < -0.4 is 39.0 Å². The Kier molecular flexibility index (Phi) is 16.3. The van der Waals surface area contributed by atoms with E-state index in [0.29, 0.717) is 50.7 Å². The van der Waals surface area contributed by atoms with Crippen LogP contribution in [0, 0.1) is 0 Å². The summed E-state index contributed by atoms with van der Waals surface area (Å²) in [6.45, 7) is 3.21. The van der Waals surface area contributed by atoms with E-state index in [0.717, 1.165) is 50.1 Å². The van der Waals surface area contributed by atoms with Gasteiger partial charge in [-0.1, -0.05) is 18.2 Å². The molecule has 4 aromatic carbocycles. The molecule has 19 heteroatoms. The van der Waals surface area contributed by atoms with Crippen molar-refractivity contribution in [3.8, 4) is 33.9 Å². The molecule has 0 saturated carbocycles. The van der Waals surface area contributed by atoms with E-state index in [9.17, 15) is 34.5 Å². The van der Waals surface area contributed by atoms with Crippen LogP contribution in [0.4, 0.5) is 22.7 Å². The number of carbonyl (C=O) groups excluding carboxylic acids is 5. The molecule has 3 aliphatic heterocycles. The highest BCUT2D eigenvalue weighted by molar-refractivity contribution is 6.17. The van der Waals surface area contributed by atoms with Crippen molar-refractivity contribution >= 4 is 69.8 Å². The second-order valence-electron chi connectivity index (χ2n) is 15.9. The van der Waals surface area contributed by atoms with E-state index in [4.69, 9.17) is 33.1 Å². The van der Waals surface area contributed by atoms with Crippen molar-refractivity contribution in [2.45, 2.75) is 12.8 Å². The fourth-order valence-corrected chi connectivity index (χ4v) is 8.07. The number of anilines is 4. The fraction of sp³-hybridized carbons (Fsp3) is 0.260. The summed E-state index contributed by atoms with van der Waals surface area (Å²) >= 11 is 0. The third-order valence-corrected chi connectivity index (χ3v) is 11.6. The second kappa shape index (κ2) is 22.6. The maximum absolute atomic E-state index is 14.9. The van der Waals surface area contributed by atoms with Crippen LogP contribution in [0.15, 0.2) is 101 Å². The van der Waals surface area contributed by atoms with E-state index < -0.39 is 23.8 Å². The van der Waals surface area contributed by atoms with Gasteiger partial charge in [0, 0.05) is 91.4 Å². The van der Waals surface area contributed by atoms with Gasteiger partial charge in [0.2, 0.25) is 5.36 Å². The smallest absolute Gasteiger partial charge is 0.373 e. The number of fused-ring (bicyclic) bond motifs is 2. The number of rotatable bonds is 16. The molecule has 19 nitrogen and oxygen atoms in total. The Labute approximate surface area is 394 Å². The number of likely N-dealkylation sites (N-methyl/N-ethyl adjacent to an activating group) is 2. The molecule has 0 atom stereocenters. The summed E-state index contributed by atoms with van der Waals surface area (Å²) < 4.78 is 21.1. The minimum atomic E-state index is -1.20. The van der Waals surface area contributed by atoms with Crippen molar-refractivity contribution < 1.29 is 67.6 Å². The molecule has 3 heterocycles. The van der Waals surface area contributed by atoms with Crippen molar-refractivity contribution in [3.63, 3.8) is 0 Å². The molecule has 1 aliphatic carbocycles. The molecule has 0 aromatic heterocycles. The van der Waals surface area contributed by atoms with Gasteiger partial charge < -0.3 is 48.8 Å². The predicted molar refractivity (Wildman–Crippen MR) is 250 cm³/mol. The van der Waals surface area contributed by atoms with E-state index in [-0.39, 0.29) is 61.0 Å². The number of hydrogen-bond donors (Lipinski definition) is 3. The molecule has 1 amide bonds. The lowest BCUT2D eigenvalue weighted by molar-refractivity contribution is -0.193. The molecule has 356 valence electrons. The van der Waals surface area contributed by atoms with Gasteiger partial charge in [-0.2, -0.15) is 19.2 Å². The first kappa shape index (κ1) is 49.6. The quantitative estimate of drug-likeness (QED) is 0.0664. The molecule has 2 fully saturated rings. The number of aromatic carboxylic acids is 1. The fourth-order valence-electron chi connectivity index (χ4n) is 8.07. The molecule has 4 aliphatic rings. The number of para-hydroxylation sites is 2. The summed E-state index contributed by atoms with van der Waals surface area (Å²) in [5.41, 5.74) is 4.56. The minimum Gasteiger partial charge on any atom is -0.488 e. The van der Waals surface area contributed by atoms with Crippen molar-refractivity contribution in [3.05, 3.63) is 114 Å². The van der Waals surface area contributed by atoms with E-state index in [1.807, 2.05) is 36.4 Å². The lowest BCUT2D eigenvalue weighted by Crippen LogP contribution is -2.40. The summed E-state index contributed by atoms with van der Waals surface area (Å²) in [6.07, 6.45) is 2.69. The Hall–Kier alpha value is -8.79. The van der Waals surface area contributed by atoms with Crippen LogP contribution in [0.3, 0.4) is 0 Å². The Bertz CT molecular complexity index is 2990. The maximum atomic E-state index is 14.9. The third-order valence-electron chi connectivity index (χ3n) is 11.6. The summed E-state index contributed by atoms with van der Waals surface area (Å²) in [5, 5.41) is 31.3. The Morgan fingerprint density at radius 2 is 1.30 bits per heavy atom. The van der Waals surface area contributed by atoms with Gasteiger partial charge in [0.05, 0.1) is 29.4 Å². The van der Waals surface area contributed by atoms with Gasteiger partial charge in [-0.05, 0) is 61.0 Å². The number of carboxylic acids is 3. The number of aliphatic carboxylic acids is 2. The molecule has 2 saturated heterocycles. The number of carboxylic acid groups (broad SMARTS) is 3. The Morgan fingerprint density at radius 3 is 1.90 bits per heavy atom. The highest BCUT2D eigenvalue weighted by atomic mass is 16.5. The molecule has 69 heavy (non-hydrogen) atoms. The van der Waals surface area contributed by atoms with Gasteiger partial charge >= 0.3 is 30.2 Å². The predicted octanol–water partition coefficient (Wildman–Crippen LogP) is 4.90. The zero-order chi connectivity index (χ0) is 49.8. The van der Waals surface area contributed by atoms with Crippen LogP contribution >= 0.6 is 0 Å². The first-order valence-electron chi connectivity index (χ1n) is 21.5. The second-order valence-corrected chi connectivity index (χ2v) is 15.9. The Morgan fingerprint density at radius 1 is 0.681 bits per heavy atom. The topological polar surface area (TPSA) is 245 Å². The normalized spacial score (nSPS) is 12.3. The monoisotopic (exact) mass is 942 g/mol. The third kappa shape index (κ3) is 11.4. The highest BCUT2D eigenvalue weighted by Gasteiger charge is 2.30. The van der Waals surface area contributed by atoms with E-state index in [1.54, 1.807) is 80.6 Å². The summed E-state index contributed by atoms with van der Waals surface area (Å²) in [6, 6.07) is 28.5. The molecule has 0 radical (unpaired) electrons.